The zero-order valence-corrected chi connectivity index (χ0v) is 17.5. The van der Waals surface area contributed by atoms with Gasteiger partial charge in [0.25, 0.3) is 5.91 Å². The molecule has 4 N–H and O–H groups in total. The highest BCUT2D eigenvalue weighted by molar-refractivity contribution is 6.38. The van der Waals surface area contributed by atoms with Crippen LogP contribution in [0.5, 0.6) is 0 Å². The van der Waals surface area contributed by atoms with Crippen molar-refractivity contribution in [3.63, 3.8) is 0 Å². The van der Waals surface area contributed by atoms with Crippen molar-refractivity contribution >= 4 is 23.6 Å². The molecule has 0 spiro atoms. The number of ketones is 1. The van der Waals surface area contributed by atoms with Gasteiger partial charge in [0, 0.05) is 13.1 Å². The van der Waals surface area contributed by atoms with Crippen molar-refractivity contribution < 1.29 is 23.9 Å². The van der Waals surface area contributed by atoms with Crippen molar-refractivity contribution in [2.75, 3.05) is 26.3 Å². The monoisotopic (exact) mass is 410 g/mol. The van der Waals surface area contributed by atoms with Gasteiger partial charge in [-0.15, -0.1) is 0 Å². The molecule has 0 bridgehead atoms. The summed E-state index contributed by atoms with van der Waals surface area (Å²) in [5, 5.41) is 5.69. The molecule has 1 heterocycles. The molecule has 1 aliphatic heterocycles. The lowest BCUT2D eigenvalue weighted by Gasteiger charge is -2.40. The Balaban J connectivity index is 2.18. The first-order chi connectivity index (χ1) is 13.8. The zero-order valence-electron chi connectivity index (χ0n) is 17.5. The van der Waals surface area contributed by atoms with Crippen molar-refractivity contribution in [2.24, 2.45) is 11.7 Å². The molecule has 2 fully saturated rings. The number of Topliss-reactive ketones (excluding diaryl/α,β-unsaturated/α-hetero) is 1. The molecular weight excluding hydrogens is 376 g/mol. The molecule has 29 heavy (non-hydrogen) atoms. The Kier molecular flexibility index (Phi) is 8.43. The fourth-order valence-corrected chi connectivity index (χ4v) is 4.14. The molecular formula is C20H34N4O5. The molecule has 2 rings (SSSR count). The average molecular weight is 411 g/mol. The van der Waals surface area contributed by atoms with Crippen LogP contribution in [-0.4, -0.2) is 66.4 Å². The van der Waals surface area contributed by atoms with E-state index < -0.39 is 29.2 Å². The van der Waals surface area contributed by atoms with Gasteiger partial charge in [-0.05, 0) is 25.2 Å². The SMILES string of the molecule is CCC[C@H](C)C(NC(=O)C1(NC(=O)N2CCOCC2)CCCCC1)C(=O)C(N)=O. The third kappa shape index (κ3) is 5.91. The summed E-state index contributed by atoms with van der Waals surface area (Å²) in [6.45, 7) is 5.66. The molecule has 1 saturated carbocycles. The van der Waals surface area contributed by atoms with E-state index in [4.69, 9.17) is 10.5 Å². The maximum Gasteiger partial charge on any atom is 0.318 e. The van der Waals surface area contributed by atoms with Crippen molar-refractivity contribution in [1.29, 1.82) is 0 Å². The van der Waals surface area contributed by atoms with Crippen LogP contribution in [0.25, 0.3) is 0 Å². The van der Waals surface area contributed by atoms with Crippen LogP contribution in [-0.2, 0) is 19.1 Å². The summed E-state index contributed by atoms with van der Waals surface area (Å²) >= 11 is 0. The zero-order chi connectivity index (χ0) is 21.4. The number of urea groups is 1. The molecule has 164 valence electrons. The number of nitrogens with two attached hydrogens (primary N) is 1. The Hall–Kier alpha value is -2.16. The molecule has 1 unspecified atom stereocenters. The number of primary amides is 1. The molecule has 0 aromatic carbocycles. The molecule has 9 nitrogen and oxygen atoms in total. The molecule has 0 aromatic rings. The van der Waals surface area contributed by atoms with Gasteiger partial charge in [0.2, 0.25) is 11.7 Å². The second kappa shape index (κ2) is 10.6. The van der Waals surface area contributed by atoms with E-state index in [2.05, 4.69) is 10.6 Å². The van der Waals surface area contributed by atoms with Gasteiger partial charge >= 0.3 is 6.03 Å². The lowest BCUT2D eigenvalue weighted by atomic mass is 9.80. The molecule has 2 aliphatic rings. The van der Waals surface area contributed by atoms with Gasteiger partial charge < -0.3 is 26.0 Å². The molecule has 0 radical (unpaired) electrons. The molecule has 1 aliphatic carbocycles. The van der Waals surface area contributed by atoms with Crippen LogP contribution >= 0.6 is 0 Å². The Morgan fingerprint density at radius 2 is 1.72 bits per heavy atom. The number of nitrogens with one attached hydrogen (secondary N) is 2. The summed E-state index contributed by atoms with van der Waals surface area (Å²) in [7, 11) is 0. The number of morpholine rings is 1. The summed E-state index contributed by atoms with van der Waals surface area (Å²) in [6.07, 6.45) is 5.04. The summed E-state index contributed by atoms with van der Waals surface area (Å²) in [5.41, 5.74) is 4.12. The van der Waals surface area contributed by atoms with E-state index in [1.807, 2.05) is 13.8 Å². The molecule has 9 heteroatoms. The van der Waals surface area contributed by atoms with E-state index in [1.54, 1.807) is 4.90 Å². The third-order valence-electron chi connectivity index (χ3n) is 5.91. The first-order valence-electron chi connectivity index (χ1n) is 10.6. The highest BCUT2D eigenvalue weighted by Gasteiger charge is 2.44. The minimum atomic E-state index is -1.09. The highest BCUT2D eigenvalue weighted by Crippen LogP contribution is 2.29. The second-order valence-electron chi connectivity index (χ2n) is 8.12. The number of rotatable bonds is 8. The van der Waals surface area contributed by atoms with Gasteiger partial charge in [-0.1, -0.05) is 39.5 Å². The Labute approximate surface area is 172 Å². The molecule has 0 aromatic heterocycles. The summed E-state index contributed by atoms with van der Waals surface area (Å²) < 4.78 is 5.28. The lowest BCUT2D eigenvalue weighted by Crippen LogP contribution is -2.65. The predicted molar refractivity (Wildman–Crippen MR) is 107 cm³/mol. The number of hydrogen-bond acceptors (Lipinski definition) is 5. The van der Waals surface area contributed by atoms with Crippen LogP contribution < -0.4 is 16.4 Å². The van der Waals surface area contributed by atoms with Crippen LogP contribution in [0.2, 0.25) is 0 Å². The largest absolute Gasteiger partial charge is 0.378 e. The topological polar surface area (TPSA) is 131 Å². The predicted octanol–water partition coefficient (Wildman–Crippen LogP) is 0.707. The first-order valence-corrected chi connectivity index (χ1v) is 10.6. The number of nitrogens with zero attached hydrogens (tertiary/aromatic N) is 1. The van der Waals surface area contributed by atoms with Crippen LogP contribution in [0.15, 0.2) is 0 Å². The Bertz CT molecular complexity index is 612. The lowest BCUT2D eigenvalue weighted by molar-refractivity contribution is -0.140. The standard InChI is InChI=1S/C20H34N4O5/c1-3-7-14(2)15(16(25)17(21)26)22-18(27)20(8-5-4-6-9-20)23-19(28)24-10-12-29-13-11-24/h14-15H,3-13H2,1-2H3,(H2,21,26)(H,22,27)(H,23,28)/t14-,15?/m0/s1. The first kappa shape index (κ1) is 23.1. The van der Waals surface area contributed by atoms with Crippen molar-refractivity contribution in [1.82, 2.24) is 15.5 Å². The third-order valence-corrected chi connectivity index (χ3v) is 5.91. The number of ether oxygens (including phenoxy) is 1. The maximum absolute atomic E-state index is 13.3. The van der Waals surface area contributed by atoms with Crippen molar-refractivity contribution in [3.8, 4) is 0 Å². The van der Waals surface area contributed by atoms with Gasteiger partial charge in [-0.25, -0.2) is 4.79 Å². The minimum absolute atomic E-state index is 0.237. The van der Waals surface area contributed by atoms with E-state index in [0.29, 0.717) is 45.6 Å². The van der Waals surface area contributed by atoms with Crippen LogP contribution in [0, 0.1) is 5.92 Å². The minimum Gasteiger partial charge on any atom is -0.378 e. The fourth-order valence-electron chi connectivity index (χ4n) is 4.14. The smallest absolute Gasteiger partial charge is 0.318 e. The number of amides is 4. The fraction of sp³-hybridized carbons (Fsp3) is 0.800. The second-order valence-corrected chi connectivity index (χ2v) is 8.12. The summed E-state index contributed by atoms with van der Waals surface area (Å²) in [5.74, 6) is -2.51. The average Bonchev–Trinajstić information content (AvgIpc) is 2.72. The van der Waals surface area contributed by atoms with Gasteiger partial charge in [-0.2, -0.15) is 0 Å². The van der Waals surface area contributed by atoms with Gasteiger partial charge in [0.1, 0.15) is 5.54 Å². The quantitative estimate of drug-likeness (QED) is 0.507. The normalized spacial score (nSPS) is 21.0. The molecule has 2 atom stereocenters. The van der Waals surface area contributed by atoms with Gasteiger partial charge in [0.05, 0.1) is 19.3 Å². The van der Waals surface area contributed by atoms with Gasteiger partial charge in [-0.3, -0.25) is 14.4 Å². The van der Waals surface area contributed by atoms with Crippen molar-refractivity contribution in [2.45, 2.75) is 70.4 Å². The highest BCUT2D eigenvalue weighted by atomic mass is 16.5. The number of hydrogen-bond donors (Lipinski definition) is 3. The molecule has 4 amide bonds. The van der Waals surface area contributed by atoms with Crippen molar-refractivity contribution in [3.05, 3.63) is 0 Å². The number of carbonyl (C=O) groups excluding carboxylic acids is 4. The van der Waals surface area contributed by atoms with E-state index in [1.165, 1.54) is 0 Å². The van der Waals surface area contributed by atoms with Crippen LogP contribution in [0.4, 0.5) is 4.79 Å². The van der Waals surface area contributed by atoms with E-state index in [-0.39, 0.29) is 11.9 Å². The van der Waals surface area contributed by atoms with Gasteiger partial charge in [0.15, 0.2) is 0 Å². The molecule has 1 saturated heterocycles. The summed E-state index contributed by atoms with van der Waals surface area (Å²) in [4.78, 5) is 51.6. The van der Waals surface area contributed by atoms with Crippen LogP contribution in [0.1, 0.15) is 58.8 Å². The van der Waals surface area contributed by atoms with Crippen LogP contribution in [0.3, 0.4) is 0 Å². The maximum atomic E-state index is 13.3. The van der Waals surface area contributed by atoms with E-state index >= 15 is 0 Å². The Morgan fingerprint density at radius 1 is 1.10 bits per heavy atom. The van der Waals surface area contributed by atoms with E-state index in [9.17, 15) is 19.2 Å². The number of carbonyl (C=O) groups is 4. The van der Waals surface area contributed by atoms with E-state index in [0.717, 1.165) is 25.7 Å². The summed E-state index contributed by atoms with van der Waals surface area (Å²) in [6, 6.07) is -1.29. The Morgan fingerprint density at radius 3 is 2.28 bits per heavy atom.